The summed E-state index contributed by atoms with van der Waals surface area (Å²) in [7, 11) is 4.95. The molecule has 0 aliphatic rings. The predicted molar refractivity (Wildman–Crippen MR) is 102 cm³/mol. The molecule has 124 valence electrons. The minimum atomic E-state index is -0.111. The maximum atomic E-state index is 12.5. The van der Waals surface area contributed by atoms with Gasteiger partial charge in [-0.3, -0.25) is 4.79 Å². The number of fused-ring (bicyclic) bond motifs is 1. The summed E-state index contributed by atoms with van der Waals surface area (Å²) < 4.78 is 18.6. The zero-order valence-electron chi connectivity index (χ0n) is 13.5. The third kappa shape index (κ3) is 2.93. The van der Waals surface area contributed by atoms with Crippen LogP contribution in [0.5, 0.6) is 23.0 Å². The summed E-state index contributed by atoms with van der Waals surface area (Å²) in [4.78, 5) is 12.5. The molecule has 0 fully saturated rings. The van der Waals surface area contributed by atoms with E-state index >= 15 is 0 Å². The minimum absolute atomic E-state index is 0.111. The zero-order chi connectivity index (χ0) is 17.3. The lowest BCUT2D eigenvalue weighted by Crippen LogP contribution is -2.20. The highest BCUT2D eigenvalue weighted by atomic mass is 127. The van der Waals surface area contributed by atoms with Gasteiger partial charge in [0.1, 0.15) is 20.8 Å². The Morgan fingerprint density at radius 3 is 2.12 bits per heavy atom. The van der Waals surface area contributed by atoms with E-state index in [2.05, 4.69) is 0 Å². The molecule has 0 aliphatic carbocycles. The van der Waals surface area contributed by atoms with Gasteiger partial charge in [-0.2, -0.15) is 0 Å². The first-order valence-electron chi connectivity index (χ1n) is 7.23. The van der Waals surface area contributed by atoms with Crippen LogP contribution in [0.2, 0.25) is 0 Å². The standard InChI is InChI=1S/C18H16INO4/c1-20-15-10-13(23-3)8-9-14(15)17(16(19)18(20)21)24-12-6-4-11(22-2)5-7-12/h4-10H,1-3H3. The van der Waals surface area contributed by atoms with E-state index in [0.717, 1.165) is 16.7 Å². The van der Waals surface area contributed by atoms with Crippen LogP contribution in [0.25, 0.3) is 10.9 Å². The molecule has 0 bridgehead atoms. The smallest absolute Gasteiger partial charge is 0.268 e. The molecule has 0 N–H and O–H groups in total. The summed E-state index contributed by atoms with van der Waals surface area (Å²) in [6, 6.07) is 12.8. The first-order chi connectivity index (χ1) is 11.5. The minimum Gasteiger partial charge on any atom is -0.497 e. The topological polar surface area (TPSA) is 49.7 Å². The molecule has 3 aromatic rings. The molecule has 0 atom stereocenters. The molecule has 6 heteroatoms. The lowest BCUT2D eigenvalue weighted by molar-refractivity contribution is 0.412. The second-order valence-electron chi connectivity index (χ2n) is 5.17. The average Bonchev–Trinajstić information content (AvgIpc) is 2.63. The fourth-order valence-electron chi connectivity index (χ4n) is 2.44. The number of ether oxygens (including phenoxy) is 3. The van der Waals surface area contributed by atoms with Crippen molar-refractivity contribution in [3.8, 4) is 23.0 Å². The largest absolute Gasteiger partial charge is 0.497 e. The molecule has 24 heavy (non-hydrogen) atoms. The van der Waals surface area contributed by atoms with Crippen LogP contribution in [0.15, 0.2) is 47.3 Å². The summed E-state index contributed by atoms with van der Waals surface area (Å²) in [5.41, 5.74) is 0.642. The Morgan fingerprint density at radius 2 is 1.50 bits per heavy atom. The molecular formula is C18H16INO4. The van der Waals surface area contributed by atoms with E-state index in [4.69, 9.17) is 14.2 Å². The van der Waals surface area contributed by atoms with E-state index in [0.29, 0.717) is 20.8 Å². The van der Waals surface area contributed by atoms with E-state index < -0.39 is 0 Å². The van der Waals surface area contributed by atoms with Gasteiger partial charge in [-0.05, 0) is 59.0 Å². The number of aryl methyl sites for hydroxylation is 1. The Morgan fingerprint density at radius 1 is 0.917 bits per heavy atom. The van der Waals surface area contributed by atoms with Crippen LogP contribution in [0.4, 0.5) is 0 Å². The van der Waals surface area contributed by atoms with E-state index in [1.807, 2.05) is 65.1 Å². The number of hydrogen-bond acceptors (Lipinski definition) is 4. The molecule has 0 amide bonds. The molecule has 5 nitrogen and oxygen atoms in total. The van der Waals surface area contributed by atoms with Crippen LogP contribution in [0, 0.1) is 3.57 Å². The van der Waals surface area contributed by atoms with Gasteiger partial charge in [0, 0.05) is 18.5 Å². The van der Waals surface area contributed by atoms with Crippen molar-refractivity contribution in [3.05, 3.63) is 56.4 Å². The van der Waals surface area contributed by atoms with Crippen molar-refractivity contribution >= 4 is 33.5 Å². The average molecular weight is 437 g/mol. The van der Waals surface area contributed by atoms with Gasteiger partial charge in [-0.1, -0.05) is 0 Å². The quantitative estimate of drug-likeness (QED) is 0.581. The van der Waals surface area contributed by atoms with Crippen molar-refractivity contribution in [2.45, 2.75) is 0 Å². The van der Waals surface area contributed by atoms with Gasteiger partial charge in [-0.25, -0.2) is 0 Å². The van der Waals surface area contributed by atoms with Gasteiger partial charge >= 0.3 is 0 Å². The normalized spacial score (nSPS) is 10.7. The Hall–Kier alpha value is -2.22. The number of halogens is 1. The molecule has 2 aromatic carbocycles. The van der Waals surface area contributed by atoms with Crippen LogP contribution in [0.1, 0.15) is 0 Å². The maximum Gasteiger partial charge on any atom is 0.268 e. The van der Waals surface area contributed by atoms with Gasteiger partial charge in [0.15, 0.2) is 5.75 Å². The number of pyridine rings is 1. The molecule has 0 aliphatic heterocycles. The van der Waals surface area contributed by atoms with Crippen molar-refractivity contribution in [1.82, 2.24) is 4.57 Å². The number of nitrogens with zero attached hydrogens (tertiary/aromatic N) is 1. The van der Waals surface area contributed by atoms with Crippen LogP contribution in [-0.2, 0) is 7.05 Å². The first-order valence-corrected chi connectivity index (χ1v) is 8.31. The molecule has 0 saturated carbocycles. The zero-order valence-corrected chi connectivity index (χ0v) is 15.7. The summed E-state index contributed by atoms with van der Waals surface area (Å²) in [6.07, 6.45) is 0. The number of methoxy groups -OCH3 is 2. The van der Waals surface area contributed by atoms with Gasteiger partial charge < -0.3 is 18.8 Å². The highest BCUT2D eigenvalue weighted by molar-refractivity contribution is 14.1. The second kappa shape index (κ2) is 6.72. The third-order valence-electron chi connectivity index (χ3n) is 3.78. The SMILES string of the molecule is COc1ccc(Oc2c(I)c(=O)n(C)c3cc(OC)ccc23)cc1. The van der Waals surface area contributed by atoms with Crippen molar-refractivity contribution in [1.29, 1.82) is 0 Å². The maximum absolute atomic E-state index is 12.5. The van der Waals surface area contributed by atoms with Crippen molar-refractivity contribution in [3.63, 3.8) is 0 Å². The third-order valence-corrected chi connectivity index (χ3v) is 4.73. The van der Waals surface area contributed by atoms with Crippen LogP contribution in [0.3, 0.4) is 0 Å². The molecule has 3 rings (SSSR count). The Balaban J connectivity index is 2.17. The highest BCUT2D eigenvalue weighted by Crippen LogP contribution is 2.34. The molecule has 0 spiro atoms. The summed E-state index contributed by atoms with van der Waals surface area (Å²) in [5.74, 6) is 2.62. The summed E-state index contributed by atoms with van der Waals surface area (Å²) >= 11 is 2.02. The summed E-state index contributed by atoms with van der Waals surface area (Å²) in [5, 5.41) is 0.845. The van der Waals surface area contributed by atoms with Gasteiger partial charge in [0.2, 0.25) is 0 Å². The first kappa shape index (κ1) is 16.6. The highest BCUT2D eigenvalue weighted by Gasteiger charge is 2.16. The van der Waals surface area contributed by atoms with E-state index in [1.54, 1.807) is 25.8 Å². The number of rotatable bonds is 4. The predicted octanol–water partition coefficient (Wildman–Crippen LogP) is 3.95. The van der Waals surface area contributed by atoms with Crippen LogP contribution in [-0.4, -0.2) is 18.8 Å². The Kier molecular flexibility index (Phi) is 4.66. The number of hydrogen-bond donors (Lipinski definition) is 0. The number of aromatic nitrogens is 1. The monoisotopic (exact) mass is 437 g/mol. The van der Waals surface area contributed by atoms with Crippen molar-refractivity contribution in [2.75, 3.05) is 14.2 Å². The molecule has 1 heterocycles. The van der Waals surface area contributed by atoms with E-state index in [1.165, 1.54) is 0 Å². The fourth-order valence-corrected chi connectivity index (χ4v) is 3.20. The van der Waals surface area contributed by atoms with Crippen LogP contribution >= 0.6 is 22.6 Å². The lowest BCUT2D eigenvalue weighted by atomic mass is 10.2. The van der Waals surface area contributed by atoms with E-state index in [-0.39, 0.29) is 5.56 Å². The molecule has 0 radical (unpaired) electrons. The van der Waals surface area contributed by atoms with Crippen LogP contribution < -0.4 is 19.8 Å². The second-order valence-corrected chi connectivity index (χ2v) is 6.25. The van der Waals surface area contributed by atoms with Crippen molar-refractivity contribution < 1.29 is 14.2 Å². The molecule has 1 aromatic heterocycles. The van der Waals surface area contributed by atoms with Crippen molar-refractivity contribution in [2.24, 2.45) is 7.05 Å². The van der Waals surface area contributed by atoms with Gasteiger partial charge in [0.25, 0.3) is 5.56 Å². The van der Waals surface area contributed by atoms with Gasteiger partial charge in [0.05, 0.1) is 19.7 Å². The van der Waals surface area contributed by atoms with E-state index in [9.17, 15) is 4.79 Å². The Bertz CT molecular complexity index is 948. The number of benzene rings is 2. The Labute approximate surface area is 152 Å². The van der Waals surface area contributed by atoms with Gasteiger partial charge in [-0.15, -0.1) is 0 Å². The fraction of sp³-hybridized carbons (Fsp3) is 0.167. The molecule has 0 saturated heterocycles. The molecular weight excluding hydrogens is 421 g/mol. The molecule has 0 unspecified atom stereocenters. The summed E-state index contributed by atoms with van der Waals surface area (Å²) in [6.45, 7) is 0. The lowest BCUT2D eigenvalue weighted by Gasteiger charge is -2.14.